The maximum absolute atomic E-state index is 11.8. The molecule has 0 aromatic heterocycles. The standard InChI is InChI=1S/C13H20N2O/c1-10(2)9-15-12(13(16)14-3)11-7-5-4-6-8-11/h4-8,10,12,15H,9H2,1-3H3,(H,14,16)/p+1. The monoisotopic (exact) mass is 221 g/mol. The quantitative estimate of drug-likeness (QED) is 0.755. The zero-order valence-corrected chi connectivity index (χ0v) is 10.2. The largest absolute Gasteiger partial charge is 0.354 e. The predicted octanol–water partition coefficient (Wildman–Crippen LogP) is 0.693. The molecule has 0 heterocycles. The molecule has 0 aliphatic heterocycles. The van der Waals surface area contributed by atoms with Crippen molar-refractivity contribution in [3.8, 4) is 0 Å². The number of nitrogens with two attached hydrogens (primary N) is 1. The van der Waals surface area contributed by atoms with Gasteiger partial charge in [-0.1, -0.05) is 44.2 Å². The van der Waals surface area contributed by atoms with Gasteiger partial charge in [0.05, 0.1) is 6.54 Å². The van der Waals surface area contributed by atoms with E-state index in [2.05, 4.69) is 24.5 Å². The second-order valence-electron chi connectivity index (χ2n) is 4.37. The van der Waals surface area contributed by atoms with E-state index in [-0.39, 0.29) is 11.9 Å². The van der Waals surface area contributed by atoms with Gasteiger partial charge in [0.1, 0.15) is 0 Å². The van der Waals surface area contributed by atoms with Gasteiger partial charge in [0.15, 0.2) is 6.04 Å². The van der Waals surface area contributed by atoms with Crippen LogP contribution >= 0.6 is 0 Å². The number of hydrogen-bond donors (Lipinski definition) is 2. The second-order valence-corrected chi connectivity index (χ2v) is 4.37. The van der Waals surface area contributed by atoms with Gasteiger partial charge in [0.2, 0.25) is 0 Å². The summed E-state index contributed by atoms with van der Waals surface area (Å²) in [5, 5.41) is 4.81. The molecule has 3 heteroatoms. The summed E-state index contributed by atoms with van der Waals surface area (Å²) in [5.41, 5.74) is 1.06. The van der Waals surface area contributed by atoms with Crippen molar-refractivity contribution in [2.75, 3.05) is 13.6 Å². The molecular formula is C13H21N2O+. The Morgan fingerprint density at radius 3 is 2.44 bits per heavy atom. The minimum atomic E-state index is -0.131. The van der Waals surface area contributed by atoms with E-state index >= 15 is 0 Å². The van der Waals surface area contributed by atoms with Crippen LogP contribution in [0.3, 0.4) is 0 Å². The number of carbonyl (C=O) groups is 1. The molecule has 0 saturated heterocycles. The van der Waals surface area contributed by atoms with Gasteiger partial charge in [-0.3, -0.25) is 4.79 Å². The molecule has 1 rings (SSSR count). The fraction of sp³-hybridized carbons (Fsp3) is 0.462. The number of carbonyl (C=O) groups excluding carboxylic acids is 1. The minimum absolute atomic E-state index is 0.0619. The van der Waals surface area contributed by atoms with E-state index in [9.17, 15) is 4.79 Å². The maximum atomic E-state index is 11.8. The van der Waals surface area contributed by atoms with Gasteiger partial charge < -0.3 is 10.6 Å². The van der Waals surface area contributed by atoms with E-state index in [0.717, 1.165) is 12.1 Å². The van der Waals surface area contributed by atoms with Crippen molar-refractivity contribution >= 4 is 5.91 Å². The van der Waals surface area contributed by atoms with Crippen LogP contribution in [-0.4, -0.2) is 19.5 Å². The lowest BCUT2D eigenvalue weighted by Crippen LogP contribution is -2.88. The Labute approximate surface area is 97.2 Å². The molecule has 3 N–H and O–H groups in total. The van der Waals surface area contributed by atoms with Crippen LogP contribution in [-0.2, 0) is 4.79 Å². The molecule has 0 aliphatic rings. The Hall–Kier alpha value is -1.35. The Morgan fingerprint density at radius 2 is 1.94 bits per heavy atom. The molecule has 16 heavy (non-hydrogen) atoms. The Morgan fingerprint density at radius 1 is 1.31 bits per heavy atom. The first-order valence-electron chi connectivity index (χ1n) is 5.75. The summed E-state index contributed by atoms with van der Waals surface area (Å²) in [4.78, 5) is 11.8. The predicted molar refractivity (Wildman–Crippen MR) is 64.9 cm³/mol. The summed E-state index contributed by atoms with van der Waals surface area (Å²) in [6.07, 6.45) is 0. The van der Waals surface area contributed by atoms with E-state index in [0.29, 0.717) is 5.92 Å². The smallest absolute Gasteiger partial charge is 0.282 e. The minimum Gasteiger partial charge on any atom is -0.354 e. The molecule has 0 aliphatic carbocycles. The van der Waals surface area contributed by atoms with Gasteiger partial charge in [-0.05, 0) is 0 Å². The molecule has 0 bridgehead atoms. The van der Waals surface area contributed by atoms with Gasteiger partial charge in [0.25, 0.3) is 5.91 Å². The summed E-state index contributed by atoms with van der Waals surface area (Å²) >= 11 is 0. The Balaban J connectivity index is 2.76. The third-order valence-electron chi connectivity index (χ3n) is 2.53. The van der Waals surface area contributed by atoms with Crippen molar-refractivity contribution < 1.29 is 10.1 Å². The van der Waals surface area contributed by atoms with Gasteiger partial charge in [-0.25, -0.2) is 0 Å². The molecular weight excluding hydrogens is 200 g/mol. The van der Waals surface area contributed by atoms with Gasteiger partial charge >= 0.3 is 0 Å². The molecule has 0 fully saturated rings. The van der Waals surface area contributed by atoms with E-state index in [1.54, 1.807) is 7.05 Å². The summed E-state index contributed by atoms with van der Waals surface area (Å²) in [5.74, 6) is 0.641. The molecule has 0 spiro atoms. The van der Waals surface area contributed by atoms with Crippen molar-refractivity contribution in [3.63, 3.8) is 0 Å². The highest BCUT2D eigenvalue weighted by Crippen LogP contribution is 2.08. The summed E-state index contributed by atoms with van der Waals surface area (Å²) in [6.45, 7) is 5.26. The number of likely N-dealkylation sites (N-methyl/N-ethyl adjacent to an activating group) is 1. The lowest BCUT2D eigenvalue weighted by Gasteiger charge is -2.15. The van der Waals surface area contributed by atoms with Crippen LogP contribution in [0.5, 0.6) is 0 Å². The number of nitrogens with one attached hydrogen (secondary N) is 1. The maximum Gasteiger partial charge on any atom is 0.282 e. The molecule has 1 aromatic rings. The second kappa shape index (κ2) is 6.28. The van der Waals surface area contributed by atoms with Gasteiger partial charge in [0, 0.05) is 18.5 Å². The number of amides is 1. The number of hydrogen-bond acceptors (Lipinski definition) is 1. The van der Waals surface area contributed by atoms with Crippen LogP contribution in [0.2, 0.25) is 0 Å². The molecule has 1 amide bonds. The average molecular weight is 221 g/mol. The first-order chi connectivity index (χ1) is 7.65. The number of quaternary nitrogens is 1. The van der Waals surface area contributed by atoms with Gasteiger partial charge in [-0.2, -0.15) is 0 Å². The normalized spacial score (nSPS) is 12.5. The highest BCUT2D eigenvalue weighted by Gasteiger charge is 2.22. The fourth-order valence-corrected chi connectivity index (χ4v) is 1.62. The van der Waals surface area contributed by atoms with E-state index in [1.807, 2.05) is 30.3 Å². The molecule has 0 saturated carbocycles. The summed E-state index contributed by atoms with van der Waals surface area (Å²) in [6, 6.07) is 9.76. The highest BCUT2D eigenvalue weighted by molar-refractivity contribution is 5.81. The molecule has 3 nitrogen and oxygen atoms in total. The molecule has 1 unspecified atom stereocenters. The highest BCUT2D eigenvalue weighted by atomic mass is 16.2. The van der Waals surface area contributed by atoms with E-state index in [4.69, 9.17) is 0 Å². The van der Waals surface area contributed by atoms with E-state index in [1.165, 1.54) is 0 Å². The van der Waals surface area contributed by atoms with E-state index < -0.39 is 0 Å². The van der Waals surface area contributed by atoms with Crippen molar-refractivity contribution in [1.82, 2.24) is 5.32 Å². The van der Waals surface area contributed by atoms with Crippen LogP contribution in [0.1, 0.15) is 25.5 Å². The SMILES string of the molecule is CNC(=O)C([NH2+]CC(C)C)c1ccccc1. The molecule has 1 atom stereocenters. The van der Waals surface area contributed by atoms with Crippen LogP contribution in [0.15, 0.2) is 30.3 Å². The van der Waals surface area contributed by atoms with Crippen molar-refractivity contribution in [2.24, 2.45) is 5.92 Å². The lowest BCUT2D eigenvalue weighted by atomic mass is 10.1. The van der Waals surface area contributed by atoms with Crippen LogP contribution in [0, 0.1) is 5.92 Å². The molecule has 0 radical (unpaired) electrons. The number of benzene rings is 1. The topological polar surface area (TPSA) is 45.7 Å². The fourth-order valence-electron chi connectivity index (χ4n) is 1.62. The average Bonchev–Trinajstić information content (AvgIpc) is 2.30. The lowest BCUT2D eigenvalue weighted by molar-refractivity contribution is -0.687. The van der Waals surface area contributed by atoms with Crippen LogP contribution < -0.4 is 10.6 Å². The third kappa shape index (κ3) is 3.66. The Bertz CT molecular complexity index is 322. The first-order valence-corrected chi connectivity index (χ1v) is 5.75. The number of rotatable bonds is 5. The van der Waals surface area contributed by atoms with Crippen molar-refractivity contribution in [3.05, 3.63) is 35.9 Å². The zero-order chi connectivity index (χ0) is 12.0. The van der Waals surface area contributed by atoms with Crippen LogP contribution in [0.4, 0.5) is 0 Å². The summed E-state index contributed by atoms with van der Waals surface area (Å²) < 4.78 is 0. The zero-order valence-electron chi connectivity index (χ0n) is 10.2. The molecule has 88 valence electrons. The van der Waals surface area contributed by atoms with Crippen molar-refractivity contribution in [1.29, 1.82) is 0 Å². The van der Waals surface area contributed by atoms with Gasteiger partial charge in [-0.15, -0.1) is 0 Å². The summed E-state index contributed by atoms with van der Waals surface area (Å²) in [7, 11) is 1.68. The first kappa shape index (κ1) is 12.7. The van der Waals surface area contributed by atoms with Crippen molar-refractivity contribution in [2.45, 2.75) is 19.9 Å². The van der Waals surface area contributed by atoms with Crippen LogP contribution in [0.25, 0.3) is 0 Å². The third-order valence-corrected chi connectivity index (χ3v) is 2.53. The molecule has 1 aromatic carbocycles. The Kier molecular flexibility index (Phi) is 4.99.